The molecule has 1 aromatic heterocycles. The molecule has 3 aromatic rings. The molecule has 0 spiro atoms. The van der Waals surface area contributed by atoms with Crippen LogP contribution < -0.4 is 10.8 Å². The van der Waals surface area contributed by atoms with E-state index in [9.17, 15) is 18.0 Å². The van der Waals surface area contributed by atoms with Crippen LogP contribution in [0.4, 0.5) is 0 Å². The van der Waals surface area contributed by atoms with Crippen LogP contribution in [0.2, 0.25) is 0 Å². The molecule has 11 heteroatoms. The Hall–Kier alpha value is -2.86. The fraction of sp³-hybridized carbons (Fsp3) is 0.304. The number of ether oxygens (including phenoxy) is 1. The number of aromatic nitrogens is 1. The second-order valence-corrected chi connectivity index (χ2v) is 11.3. The van der Waals surface area contributed by atoms with Crippen LogP contribution in [-0.2, 0) is 19.4 Å². The minimum absolute atomic E-state index is 0.00876. The highest BCUT2D eigenvalue weighted by molar-refractivity contribution is 7.99. The summed E-state index contributed by atoms with van der Waals surface area (Å²) in [6, 6.07) is 15.7. The van der Waals surface area contributed by atoms with Crippen molar-refractivity contribution in [3.8, 4) is 0 Å². The average Bonchev–Trinajstić information content (AvgIpc) is 3.31. The largest absolute Gasteiger partial charge is 0.381 e. The third kappa shape index (κ3) is 4.69. The Balaban J connectivity index is 1.35. The predicted octanol–water partition coefficient (Wildman–Crippen LogP) is 2.52. The standard InChI is InChI=1S/C23H25N3O6S2/c27-21(20-15-16-3-1-2-4-19(16)25-20)24-11-14-33-17-5-7-18(8-6-17)34(30,31)23(22(28)26-29)9-12-32-13-10-23/h1-8,15,25,29H,9-14H2,(H,24,27)(H,26,28). The van der Waals surface area contributed by atoms with Gasteiger partial charge in [0.2, 0.25) is 0 Å². The molecule has 0 radical (unpaired) electrons. The maximum Gasteiger partial charge on any atom is 0.267 e. The van der Waals surface area contributed by atoms with Crippen LogP contribution in [0, 0.1) is 0 Å². The van der Waals surface area contributed by atoms with Gasteiger partial charge in [-0.15, -0.1) is 11.8 Å². The van der Waals surface area contributed by atoms with E-state index in [-0.39, 0.29) is 36.9 Å². The van der Waals surface area contributed by atoms with E-state index in [0.717, 1.165) is 15.8 Å². The number of fused-ring (bicyclic) bond motifs is 1. The second-order valence-electron chi connectivity index (χ2n) is 7.90. The van der Waals surface area contributed by atoms with E-state index < -0.39 is 20.5 Å². The van der Waals surface area contributed by atoms with Crippen molar-refractivity contribution in [1.29, 1.82) is 0 Å². The minimum atomic E-state index is -4.05. The molecule has 1 saturated heterocycles. The molecular formula is C23H25N3O6S2. The Bertz CT molecular complexity index is 1250. The van der Waals surface area contributed by atoms with Crippen LogP contribution >= 0.6 is 11.8 Å². The zero-order valence-corrected chi connectivity index (χ0v) is 19.9. The Labute approximate surface area is 201 Å². The van der Waals surface area contributed by atoms with Gasteiger partial charge in [-0.3, -0.25) is 14.8 Å². The first kappa shape index (κ1) is 24.3. The summed E-state index contributed by atoms with van der Waals surface area (Å²) in [7, 11) is -4.05. The monoisotopic (exact) mass is 503 g/mol. The van der Waals surface area contributed by atoms with E-state index in [2.05, 4.69) is 10.3 Å². The van der Waals surface area contributed by atoms with Gasteiger partial charge in [-0.1, -0.05) is 18.2 Å². The van der Waals surface area contributed by atoms with Crippen LogP contribution in [0.3, 0.4) is 0 Å². The molecule has 2 amide bonds. The number of thioether (sulfide) groups is 1. The van der Waals surface area contributed by atoms with Crippen molar-refractivity contribution in [1.82, 2.24) is 15.8 Å². The smallest absolute Gasteiger partial charge is 0.267 e. The molecule has 0 bridgehead atoms. The molecule has 1 aliphatic heterocycles. The summed E-state index contributed by atoms with van der Waals surface area (Å²) in [5.41, 5.74) is 2.91. The van der Waals surface area contributed by atoms with Crippen LogP contribution in [0.5, 0.6) is 0 Å². The summed E-state index contributed by atoms with van der Waals surface area (Å²) in [5.74, 6) is -0.547. The third-order valence-corrected chi connectivity index (χ3v) is 9.42. The number of carbonyl (C=O) groups is 2. The summed E-state index contributed by atoms with van der Waals surface area (Å²) < 4.78 is 30.0. The molecule has 2 heterocycles. The molecule has 2 aromatic carbocycles. The lowest BCUT2D eigenvalue weighted by atomic mass is 9.98. The highest BCUT2D eigenvalue weighted by Gasteiger charge is 2.52. The molecule has 34 heavy (non-hydrogen) atoms. The van der Waals surface area contributed by atoms with Crippen molar-refractivity contribution in [2.24, 2.45) is 0 Å². The van der Waals surface area contributed by atoms with Crippen LogP contribution in [0.25, 0.3) is 10.9 Å². The predicted molar refractivity (Wildman–Crippen MR) is 128 cm³/mol. The van der Waals surface area contributed by atoms with Crippen LogP contribution in [0.15, 0.2) is 64.4 Å². The Morgan fingerprint density at radius 1 is 1.09 bits per heavy atom. The average molecular weight is 504 g/mol. The number of hydrogen-bond donors (Lipinski definition) is 4. The molecule has 0 aliphatic carbocycles. The highest BCUT2D eigenvalue weighted by atomic mass is 32.2. The van der Waals surface area contributed by atoms with E-state index in [4.69, 9.17) is 9.94 Å². The normalized spacial score (nSPS) is 15.7. The number of para-hydroxylation sites is 1. The molecule has 4 rings (SSSR count). The number of nitrogens with one attached hydrogen (secondary N) is 3. The zero-order chi connectivity index (χ0) is 24.2. The van der Waals surface area contributed by atoms with E-state index in [1.54, 1.807) is 18.2 Å². The summed E-state index contributed by atoms with van der Waals surface area (Å²) in [4.78, 5) is 28.6. The van der Waals surface area contributed by atoms with Gasteiger partial charge in [-0.05, 0) is 49.2 Å². The molecular weight excluding hydrogens is 478 g/mol. The molecule has 0 saturated carbocycles. The SMILES string of the molecule is O=C(NCCSc1ccc(S(=O)(=O)C2(C(=O)NO)CCOCC2)cc1)c1cc2ccccc2[nH]1. The van der Waals surface area contributed by atoms with Crippen molar-refractivity contribution < 1.29 is 28.0 Å². The van der Waals surface area contributed by atoms with Gasteiger partial charge in [0, 0.05) is 41.3 Å². The van der Waals surface area contributed by atoms with Crippen LogP contribution in [-0.4, -0.2) is 60.7 Å². The quantitative estimate of drug-likeness (QED) is 0.160. The fourth-order valence-electron chi connectivity index (χ4n) is 3.99. The minimum Gasteiger partial charge on any atom is -0.381 e. The summed E-state index contributed by atoms with van der Waals surface area (Å²) in [5, 5.41) is 13.0. The van der Waals surface area contributed by atoms with Gasteiger partial charge in [0.25, 0.3) is 11.8 Å². The molecule has 0 unspecified atom stereocenters. The summed E-state index contributed by atoms with van der Waals surface area (Å²) in [6.07, 6.45) is -0.0669. The van der Waals surface area contributed by atoms with Gasteiger partial charge in [0.1, 0.15) is 5.69 Å². The van der Waals surface area contributed by atoms with Gasteiger partial charge in [0.15, 0.2) is 14.6 Å². The number of H-pyrrole nitrogens is 1. The lowest BCUT2D eigenvalue weighted by Gasteiger charge is -2.34. The number of hydrogen-bond acceptors (Lipinski definition) is 7. The lowest BCUT2D eigenvalue weighted by Crippen LogP contribution is -2.54. The number of carbonyl (C=O) groups excluding carboxylic acids is 2. The van der Waals surface area contributed by atoms with Gasteiger partial charge in [-0.2, -0.15) is 0 Å². The first-order chi connectivity index (χ1) is 16.4. The first-order valence-electron chi connectivity index (χ1n) is 10.7. The van der Waals surface area contributed by atoms with Crippen LogP contribution in [0.1, 0.15) is 23.3 Å². The maximum absolute atomic E-state index is 13.3. The molecule has 1 aliphatic rings. The third-order valence-electron chi connectivity index (χ3n) is 5.90. The lowest BCUT2D eigenvalue weighted by molar-refractivity contribution is -0.134. The van der Waals surface area contributed by atoms with Crippen molar-refractivity contribution in [2.75, 3.05) is 25.5 Å². The number of benzene rings is 2. The van der Waals surface area contributed by atoms with Gasteiger partial charge >= 0.3 is 0 Å². The molecule has 180 valence electrons. The zero-order valence-electron chi connectivity index (χ0n) is 18.2. The second kappa shape index (κ2) is 10.2. The number of sulfone groups is 1. The van der Waals surface area contributed by atoms with Gasteiger partial charge in [-0.25, -0.2) is 13.9 Å². The fourth-order valence-corrected chi connectivity index (χ4v) is 6.69. The molecule has 4 N–H and O–H groups in total. The number of rotatable bonds is 8. The van der Waals surface area contributed by atoms with Gasteiger partial charge in [0.05, 0.1) is 4.90 Å². The van der Waals surface area contributed by atoms with E-state index in [0.29, 0.717) is 18.0 Å². The topological polar surface area (TPSA) is 138 Å². The van der Waals surface area contributed by atoms with Crippen molar-refractivity contribution >= 4 is 44.3 Å². The molecule has 1 fully saturated rings. The number of hydroxylamine groups is 1. The number of amides is 2. The van der Waals surface area contributed by atoms with Crippen molar-refractivity contribution in [3.63, 3.8) is 0 Å². The Morgan fingerprint density at radius 3 is 2.47 bits per heavy atom. The van der Waals surface area contributed by atoms with Gasteiger partial charge < -0.3 is 15.0 Å². The Kier molecular flexibility index (Phi) is 7.27. The Morgan fingerprint density at radius 2 is 1.79 bits per heavy atom. The summed E-state index contributed by atoms with van der Waals surface area (Å²) in [6.45, 7) is 0.661. The number of aromatic amines is 1. The van der Waals surface area contributed by atoms with E-state index in [1.807, 2.05) is 24.3 Å². The van der Waals surface area contributed by atoms with Crippen molar-refractivity contribution in [2.45, 2.75) is 27.4 Å². The van der Waals surface area contributed by atoms with Crippen molar-refractivity contribution in [3.05, 3.63) is 60.3 Å². The van der Waals surface area contributed by atoms with E-state index in [1.165, 1.54) is 29.4 Å². The maximum atomic E-state index is 13.3. The summed E-state index contributed by atoms with van der Waals surface area (Å²) >= 11 is 1.47. The van der Waals surface area contributed by atoms with E-state index >= 15 is 0 Å². The first-order valence-corrected chi connectivity index (χ1v) is 13.2. The molecule has 0 atom stereocenters. The highest BCUT2D eigenvalue weighted by Crippen LogP contribution is 2.35. The molecule has 9 nitrogen and oxygen atoms in total.